The van der Waals surface area contributed by atoms with Crippen LogP contribution in [0.5, 0.6) is 0 Å². The number of amides is 2. The molecule has 25 heavy (non-hydrogen) atoms. The molecule has 1 saturated carbocycles. The standard InChI is InChI=1S/C17H27N5O3/c1-11-10-15(21-20-11)22-8-6-14(7-9-22)19-17(25)18-13-4-2-12(3-5-13)16(23)24/h10,12-14H,2-9H2,1H3,(H,20,21)(H,23,24)(H2,18,19,25). The van der Waals surface area contributed by atoms with Crippen molar-refractivity contribution in [2.24, 2.45) is 5.92 Å². The van der Waals surface area contributed by atoms with Gasteiger partial charge in [-0.25, -0.2) is 4.79 Å². The average molecular weight is 349 g/mol. The minimum atomic E-state index is -0.721. The van der Waals surface area contributed by atoms with E-state index in [0.717, 1.165) is 50.3 Å². The Hall–Kier alpha value is -2.25. The molecule has 138 valence electrons. The fraction of sp³-hybridized carbons (Fsp3) is 0.706. The van der Waals surface area contributed by atoms with E-state index in [1.807, 2.05) is 13.0 Å². The number of anilines is 1. The summed E-state index contributed by atoms with van der Waals surface area (Å²) in [5.41, 5.74) is 1.05. The molecule has 0 radical (unpaired) electrons. The van der Waals surface area contributed by atoms with Gasteiger partial charge in [0.2, 0.25) is 0 Å². The number of carbonyl (C=O) groups excluding carboxylic acids is 1. The van der Waals surface area contributed by atoms with E-state index < -0.39 is 5.97 Å². The first kappa shape index (κ1) is 17.6. The Labute approximate surface area is 147 Å². The molecular formula is C17H27N5O3. The van der Waals surface area contributed by atoms with Gasteiger partial charge in [0.05, 0.1) is 5.92 Å². The fourth-order valence-electron chi connectivity index (χ4n) is 3.72. The first-order chi connectivity index (χ1) is 12.0. The van der Waals surface area contributed by atoms with Gasteiger partial charge in [0, 0.05) is 36.9 Å². The molecule has 2 aliphatic rings. The molecule has 1 aliphatic heterocycles. The third-order valence-electron chi connectivity index (χ3n) is 5.26. The Kier molecular flexibility index (Phi) is 5.45. The molecule has 8 heteroatoms. The average Bonchev–Trinajstić information content (AvgIpc) is 3.02. The highest BCUT2D eigenvalue weighted by Crippen LogP contribution is 2.24. The van der Waals surface area contributed by atoms with E-state index in [-0.39, 0.29) is 24.0 Å². The lowest BCUT2D eigenvalue weighted by atomic mass is 9.86. The van der Waals surface area contributed by atoms with Crippen LogP contribution < -0.4 is 15.5 Å². The van der Waals surface area contributed by atoms with Crippen molar-refractivity contribution in [3.05, 3.63) is 11.8 Å². The molecule has 0 atom stereocenters. The minimum Gasteiger partial charge on any atom is -0.481 e. The van der Waals surface area contributed by atoms with Gasteiger partial charge in [-0.15, -0.1) is 0 Å². The van der Waals surface area contributed by atoms with Crippen molar-refractivity contribution < 1.29 is 14.7 Å². The number of aromatic amines is 1. The molecule has 4 N–H and O–H groups in total. The van der Waals surface area contributed by atoms with Crippen LogP contribution in [0.1, 0.15) is 44.2 Å². The third kappa shape index (κ3) is 4.64. The zero-order valence-electron chi connectivity index (χ0n) is 14.6. The molecule has 2 amide bonds. The van der Waals surface area contributed by atoms with E-state index in [0.29, 0.717) is 12.8 Å². The highest BCUT2D eigenvalue weighted by molar-refractivity contribution is 5.74. The quantitative estimate of drug-likeness (QED) is 0.660. The molecule has 1 aliphatic carbocycles. The topological polar surface area (TPSA) is 110 Å². The number of H-pyrrole nitrogens is 1. The Balaban J connectivity index is 1.37. The highest BCUT2D eigenvalue weighted by Gasteiger charge is 2.27. The zero-order valence-corrected chi connectivity index (χ0v) is 14.6. The molecule has 0 bridgehead atoms. The zero-order chi connectivity index (χ0) is 17.8. The third-order valence-corrected chi connectivity index (χ3v) is 5.26. The van der Waals surface area contributed by atoms with Gasteiger partial charge in [0.15, 0.2) is 5.82 Å². The first-order valence-corrected chi connectivity index (χ1v) is 9.08. The number of nitrogens with zero attached hydrogens (tertiary/aromatic N) is 2. The van der Waals surface area contributed by atoms with E-state index in [9.17, 15) is 9.59 Å². The lowest BCUT2D eigenvalue weighted by molar-refractivity contribution is -0.142. The predicted octanol–water partition coefficient (Wildman–Crippen LogP) is 1.63. The fourth-order valence-corrected chi connectivity index (χ4v) is 3.72. The highest BCUT2D eigenvalue weighted by atomic mass is 16.4. The van der Waals surface area contributed by atoms with Crippen molar-refractivity contribution in [3.63, 3.8) is 0 Å². The van der Waals surface area contributed by atoms with Crippen LogP contribution in [0, 0.1) is 12.8 Å². The SMILES string of the molecule is Cc1cc(N2CCC(NC(=O)NC3CCC(C(=O)O)CC3)CC2)n[nH]1. The molecule has 2 heterocycles. The van der Waals surface area contributed by atoms with E-state index >= 15 is 0 Å². The van der Waals surface area contributed by atoms with Crippen LogP contribution in [0.15, 0.2) is 6.07 Å². The molecule has 2 fully saturated rings. The number of hydrogen-bond acceptors (Lipinski definition) is 4. The summed E-state index contributed by atoms with van der Waals surface area (Å²) in [5, 5.41) is 22.3. The van der Waals surface area contributed by atoms with E-state index in [1.165, 1.54) is 0 Å². The van der Waals surface area contributed by atoms with Gasteiger partial charge in [-0.3, -0.25) is 9.89 Å². The maximum absolute atomic E-state index is 12.2. The van der Waals surface area contributed by atoms with Crippen LogP contribution in [0.4, 0.5) is 10.6 Å². The normalized spacial score (nSPS) is 24.8. The van der Waals surface area contributed by atoms with Gasteiger partial charge in [-0.05, 0) is 45.4 Å². The molecule has 1 saturated heterocycles. The maximum Gasteiger partial charge on any atom is 0.315 e. The maximum atomic E-state index is 12.2. The number of urea groups is 1. The Morgan fingerprint density at radius 3 is 2.24 bits per heavy atom. The van der Waals surface area contributed by atoms with Gasteiger partial charge < -0.3 is 20.6 Å². The summed E-state index contributed by atoms with van der Waals surface area (Å²) in [6, 6.07) is 2.16. The summed E-state index contributed by atoms with van der Waals surface area (Å²) in [6.45, 7) is 3.73. The van der Waals surface area contributed by atoms with Gasteiger partial charge in [0.1, 0.15) is 0 Å². The van der Waals surface area contributed by atoms with E-state index in [2.05, 4.69) is 25.7 Å². The van der Waals surface area contributed by atoms with Gasteiger partial charge in [-0.1, -0.05) is 0 Å². The van der Waals surface area contributed by atoms with Crippen LogP contribution in [-0.4, -0.2) is 52.5 Å². The number of carbonyl (C=O) groups is 2. The number of carboxylic acids is 1. The predicted molar refractivity (Wildman–Crippen MR) is 93.6 cm³/mol. The number of piperidine rings is 1. The molecule has 8 nitrogen and oxygen atoms in total. The van der Waals surface area contributed by atoms with Gasteiger partial charge >= 0.3 is 12.0 Å². The number of hydrogen-bond donors (Lipinski definition) is 4. The van der Waals surface area contributed by atoms with Crippen LogP contribution in [-0.2, 0) is 4.79 Å². The van der Waals surface area contributed by atoms with E-state index in [1.54, 1.807) is 0 Å². The summed E-state index contributed by atoms with van der Waals surface area (Å²) in [5.74, 6) is -0.00604. The summed E-state index contributed by atoms with van der Waals surface area (Å²) >= 11 is 0. The molecule has 0 unspecified atom stereocenters. The van der Waals surface area contributed by atoms with Crippen molar-refractivity contribution >= 4 is 17.8 Å². The molecule has 1 aromatic rings. The van der Waals surface area contributed by atoms with Crippen molar-refractivity contribution in [1.29, 1.82) is 0 Å². The smallest absolute Gasteiger partial charge is 0.315 e. The minimum absolute atomic E-state index is 0.0859. The molecule has 3 rings (SSSR count). The van der Waals surface area contributed by atoms with Crippen LogP contribution >= 0.6 is 0 Å². The number of rotatable bonds is 4. The second-order valence-electron chi connectivity index (χ2n) is 7.18. The summed E-state index contributed by atoms with van der Waals surface area (Å²) in [4.78, 5) is 25.4. The molecule has 0 spiro atoms. The lowest BCUT2D eigenvalue weighted by Gasteiger charge is -2.33. The van der Waals surface area contributed by atoms with Crippen molar-refractivity contribution in [1.82, 2.24) is 20.8 Å². The Morgan fingerprint density at radius 1 is 1.12 bits per heavy atom. The van der Waals surface area contributed by atoms with Crippen molar-refractivity contribution in [2.75, 3.05) is 18.0 Å². The Morgan fingerprint density at radius 2 is 1.72 bits per heavy atom. The molecule has 1 aromatic heterocycles. The second kappa shape index (κ2) is 7.76. The molecular weight excluding hydrogens is 322 g/mol. The Bertz CT molecular complexity index is 601. The van der Waals surface area contributed by atoms with E-state index in [4.69, 9.17) is 5.11 Å². The van der Waals surface area contributed by atoms with Crippen molar-refractivity contribution in [2.45, 2.75) is 57.5 Å². The lowest BCUT2D eigenvalue weighted by Crippen LogP contribution is -2.50. The number of aliphatic carboxylic acids is 1. The van der Waals surface area contributed by atoms with Crippen LogP contribution in [0.25, 0.3) is 0 Å². The first-order valence-electron chi connectivity index (χ1n) is 9.08. The number of nitrogens with one attached hydrogen (secondary N) is 3. The number of aryl methyl sites for hydroxylation is 1. The van der Waals surface area contributed by atoms with Gasteiger partial charge in [0.25, 0.3) is 0 Å². The largest absolute Gasteiger partial charge is 0.481 e. The number of carboxylic acid groups (broad SMARTS) is 1. The summed E-state index contributed by atoms with van der Waals surface area (Å²) < 4.78 is 0. The summed E-state index contributed by atoms with van der Waals surface area (Å²) in [7, 11) is 0. The summed E-state index contributed by atoms with van der Waals surface area (Å²) in [6.07, 6.45) is 4.54. The van der Waals surface area contributed by atoms with Gasteiger partial charge in [-0.2, -0.15) is 5.10 Å². The van der Waals surface area contributed by atoms with Crippen LogP contribution in [0.2, 0.25) is 0 Å². The monoisotopic (exact) mass is 349 g/mol. The van der Waals surface area contributed by atoms with Crippen molar-refractivity contribution in [3.8, 4) is 0 Å². The number of aromatic nitrogens is 2. The van der Waals surface area contributed by atoms with Crippen LogP contribution in [0.3, 0.4) is 0 Å². The second-order valence-corrected chi connectivity index (χ2v) is 7.18. The molecule has 0 aromatic carbocycles.